The highest BCUT2D eigenvalue weighted by Crippen LogP contribution is 2.00. The van der Waals surface area contributed by atoms with E-state index in [-0.39, 0.29) is 12.3 Å². The number of pyridine rings is 1. The lowest BCUT2D eigenvalue weighted by Crippen LogP contribution is -2.26. The number of aromatic nitrogens is 1. The van der Waals surface area contributed by atoms with Crippen LogP contribution < -0.4 is 0 Å². The molecule has 0 aliphatic carbocycles. The number of rotatable bonds is 6. The molecule has 96 valence electrons. The predicted molar refractivity (Wildman–Crippen MR) is 67.8 cm³/mol. The van der Waals surface area contributed by atoms with Gasteiger partial charge in [0.1, 0.15) is 0 Å². The van der Waals surface area contributed by atoms with Crippen LogP contribution in [0.25, 0.3) is 6.08 Å². The Hall–Kier alpha value is -2.17. The fourth-order valence-electron chi connectivity index (χ4n) is 1.35. The second-order valence-electron chi connectivity index (χ2n) is 3.88. The van der Waals surface area contributed by atoms with E-state index in [0.29, 0.717) is 13.0 Å². The number of hydrogen-bond acceptors (Lipinski definition) is 3. The van der Waals surface area contributed by atoms with Crippen molar-refractivity contribution in [2.75, 3.05) is 13.6 Å². The highest BCUT2D eigenvalue weighted by atomic mass is 16.4. The molecule has 1 aromatic heterocycles. The lowest BCUT2D eigenvalue weighted by Gasteiger charge is -2.13. The maximum Gasteiger partial charge on any atom is 0.303 e. The van der Waals surface area contributed by atoms with Crippen molar-refractivity contribution in [2.24, 2.45) is 0 Å². The third-order valence-electron chi connectivity index (χ3n) is 2.36. The average Bonchev–Trinajstić information content (AvgIpc) is 2.36. The SMILES string of the molecule is CN(CCCC(=O)O)C(=O)/C=C/c1cccnc1. The lowest BCUT2D eigenvalue weighted by atomic mass is 10.2. The molecule has 0 radical (unpaired) electrons. The van der Waals surface area contributed by atoms with E-state index < -0.39 is 5.97 Å². The van der Waals surface area contributed by atoms with Crippen LogP contribution in [0.3, 0.4) is 0 Å². The molecule has 0 aromatic carbocycles. The first-order valence-electron chi connectivity index (χ1n) is 5.64. The molecule has 1 amide bonds. The van der Waals surface area contributed by atoms with E-state index in [9.17, 15) is 9.59 Å². The fraction of sp³-hybridized carbons (Fsp3) is 0.308. The molecule has 0 bridgehead atoms. The van der Waals surface area contributed by atoms with Gasteiger partial charge in [0.25, 0.3) is 0 Å². The van der Waals surface area contributed by atoms with E-state index >= 15 is 0 Å². The molecule has 5 heteroatoms. The molecule has 0 aliphatic rings. The molecular formula is C13H16N2O3. The monoisotopic (exact) mass is 248 g/mol. The van der Waals surface area contributed by atoms with Crippen LogP contribution in [0.4, 0.5) is 0 Å². The molecular weight excluding hydrogens is 232 g/mol. The standard InChI is InChI=1S/C13H16N2O3/c1-15(9-3-5-13(17)18)12(16)7-6-11-4-2-8-14-10-11/h2,4,6-8,10H,3,5,9H2,1H3,(H,17,18)/b7-6+. The number of carboxylic acid groups (broad SMARTS) is 1. The Bertz CT molecular complexity index is 429. The largest absolute Gasteiger partial charge is 0.481 e. The Balaban J connectivity index is 2.40. The van der Waals surface area contributed by atoms with E-state index in [2.05, 4.69) is 4.98 Å². The average molecular weight is 248 g/mol. The van der Waals surface area contributed by atoms with Crippen molar-refractivity contribution in [1.29, 1.82) is 0 Å². The van der Waals surface area contributed by atoms with Gasteiger partial charge in [-0.25, -0.2) is 0 Å². The molecule has 0 fully saturated rings. The number of nitrogens with zero attached hydrogens (tertiary/aromatic N) is 2. The molecule has 0 saturated carbocycles. The van der Waals surface area contributed by atoms with Crippen molar-refractivity contribution < 1.29 is 14.7 Å². The number of hydrogen-bond donors (Lipinski definition) is 1. The second-order valence-corrected chi connectivity index (χ2v) is 3.88. The van der Waals surface area contributed by atoms with Crippen molar-refractivity contribution in [3.05, 3.63) is 36.2 Å². The van der Waals surface area contributed by atoms with Gasteiger partial charge in [0.05, 0.1) is 0 Å². The van der Waals surface area contributed by atoms with Crippen LogP contribution >= 0.6 is 0 Å². The quantitative estimate of drug-likeness (QED) is 0.773. The summed E-state index contributed by atoms with van der Waals surface area (Å²) in [7, 11) is 1.65. The Morgan fingerprint density at radius 1 is 1.50 bits per heavy atom. The third kappa shape index (κ3) is 5.25. The van der Waals surface area contributed by atoms with Crippen molar-refractivity contribution >= 4 is 18.0 Å². The summed E-state index contributed by atoms with van der Waals surface area (Å²) in [5.41, 5.74) is 0.852. The van der Waals surface area contributed by atoms with Crippen LogP contribution in [0.5, 0.6) is 0 Å². The van der Waals surface area contributed by atoms with Crippen molar-refractivity contribution in [3.63, 3.8) is 0 Å². The van der Waals surface area contributed by atoms with Gasteiger partial charge in [0.15, 0.2) is 0 Å². The Morgan fingerprint density at radius 3 is 2.89 bits per heavy atom. The van der Waals surface area contributed by atoms with Crippen LogP contribution in [0, 0.1) is 0 Å². The molecule has 0 spiro atoms. The molecule has 1 N–H and O–H groups in total. The molecule has 1 heterocycles. The Morgan fingerprint density at radius 2 is 2.28 bits per heavy atom. The zero-order valence-corrected chi connectivity index (χ0v) is 10.2. The van der Waals surface area contributed by atoms with E-state index in [4.69, 9.17) is 5.11 Å². The van der Waals surface area contributed by atoms with Gasteiger partial charge in [0, 0.05) is 38.5 Å². The minimum Gasteiger partial charge on any atom is -0.481 e. The number of amides is 1. The normalized spacial score (nSPS) is 10.5. The molecule has 1 rings (SSSR count). The van der Waals surface area contributed by atoms with Gasteiger partial charge in [-0.3, -0.25) is 14.6 Å². The van der Waals surface area contributed by atoms with E-state index in [1.54, 1.807) is 31.6 Å². The summed E-state index contributed by atoms with van der Waals surface area (Å²) in [6, 6.07) is 3.64. The first-order valence-corrected chi connectivity index (χ1v) is 5.64. The van der Waals surface area contributed by atoms with Crippen molar-refractivity contribution in [2.45, 2.75) is 12.8 Å². The van der Waals surface area contributed by atoms with Gasteiger partial charge < -0.3 is 10.0 Å². The molecule has 1 aromatic rings. The van der Waals surface area contributed by atoms with Gasteiger partial charge in [-0.2, -0.15) is 0 Å². The lowest BCUT2D eigenvalue weighted by molar-refractivity contribution is -0.137. The van der Waals surface area contributed by atoms with E-state index in [1.807, 2.05) is 6.07 Å². The van der Waals surface area contributed by atoms with Gasteiger partial charge >= 0.3 is 5.97 Å². The minimum absolute atomic E-state index is 0.0734. The van der Waals surface area contributed by atoms with Gasteiger partial charge in [-0.05, 0) is 24.1 Å². The van der Waals surface area contributed by atoms with Crippen LogP contribution in [-0.4, -0.2) is 40.5 Å². The molecule has 0 saturated heterocycles. The Labute approximate surface area is 106 Å². The third-order valence-corrected chi connectivity index (χ3v) is 2.36. The molecule has 0 atom stereocenters. The summed E-state index contributed by atoms with van der Waals surface area (Å²) in [6.45, 7) is 0.433. The van der Waals surface area contributed by atoms with Crippen LogP contribution in [-0.2, 0) is 9.59 Å². The predicted octanol–water partition coefficient (Wildman–Crippen LogP) is 1.42. The van der Waals surface area contributed by atoms with E-state index in [1.165, 1.54) is 11.0 Å². The van der Waals surface area contributed by atoms with Gasteiger partial charge in [-0.15, -0.1) is 0 Å². The molecule has 18 heavy (non-hydrogen) atoms. The fourth-order valence-corrected chi connectivity index (χ4v) is 1.35. The number of likely N-dealkylation sites (N-methyl/N-ethyl adjacent to an activating group) is 1. The number of carbonyl (C=O) groups is 2. The highest BCUT2D eigenvalue weighted by Gasteiger charge is 2.05. The van der Waals surface area contributed by atoms with Crippen LogP contribution in [0.1, 0.15) is 18.4 Å². The van der Waals surface area contributed by atoms with Crippen molar-refractivity contribution in [3.8, 4) is 0 Å². The van der Waals surface area contributed by atoms with E-state index in [0.717, 1.165) is 5.56 Å². The summed E-state index contributed by atoms with van der Waals surface area (Å²) in [6.07, 6.45) is 6.99. The zero-order chi connectivity index (χ0) is 13.4. The van der Waals surface area contributed by atoms with Gasteiger partial charge in [0.2, 0.25) is 5.91 Å². The highest BCUT2D eigenvalue weighted by molar-refractivity contribution is 5.91. The van der Waals surface area contributed by atoms with Crippen molar-refractivity contribution in [1.82, 2.24) is 9.88 Å². The summed E-state index contributed by atoms with van der Waals surface area (Å²) in [5.74, 6) is -0.994. The molecule has 0 aliphatic heterocycles. The van der Waals surface area contributed by atoms with Crippen LogP contribution in [0.15, 0.2) is 30.6 Å². The summed E-state index contributed by atoms with van der Waals surface area (Å²) in [5, 5.41) is 8.49. The first-order chi connectivity index (χ1) is 8.59. The maximum absolute atomic E-state index is 11.7. The second kappa shape index (κ2) is 7.21. The minimum atomic E-state index is -0.846. The Kier molecular flexibility index (Phi) is 5.57. The zero-order valence-electron chi connectivity index (χ0n) is 10.2. The summed E-state index contributed by atoms with van der Waals surface area (Å²) in [4.78, 5) is 27.4. The summed E-state index contributed by atoms with van der Waals surface area (Å²) >= 11 is 0. The smallest absolute Gasteiger partial charge is 0.303 e. The number of aliphatic carboxylic acids is 1. The maximum atomic E-state index is 11.7. The molecule has 5 nitrogen and oxygen atoms in total. The summed E-state index contributed by atoms with van der Waals surface area (Å²) < 4.78 is 0. The first kappa shape index (κ1) is 13.9. The topological polar surface area (TPSA) is 70.5 Å². The number of carboxylic acids is 1. The van der Waals surface area contributed by atoms with Gasteiger partial charge in [-0.1, -0.05) is 6.07 Å². The molecule has 0 unspecified atom stereocenters. The number of carbonyl (C=O) groups excluding carboxylic acids is 1. The van der Waals surface area contributed by atoms with Crippen LogP contribution in [0.2, 0.25) is 0 Å².